The van der Waals surface area contributed by atoms with Crippen molar-refractivity contribution in [3.05, 3.63) is 137 Å². The highest BCUT2D eigenvalue weighted by molar-refractivity contribution is 8.04. The summed E-state index contributed by atoms with van der Waals surface area (Å²) in [6.45, 7) is 1.88. The van der Waals surface area contributed by atoms with E-state index in [2.05, 4.69) is 14.6 Å². The number of carbonyl (C=O) groups is 1. The molecule has 5 aromatic rings. The molecule has 0 amide bonds. The molecule has 0 saturated heterocycles. The molecule has 0 bridgehead atoms. The van der Waals surface area contributed by atoms with Crippen LogP contribution >= 0.6 is 11.8 Å². The van der Waals surface area contributed by atoms with Gasteiger partial charge in [0, 0.05) is 22.3 Å². The fourth-order valence-corrected chi connectivity index (χ4v) is 6.17. The SMILES string of the molecule is Cc1ccc(S(=O)(=O)/N=C2/C=C(Sc3nnc(-c4ccccc4)c(-c4ccccc4)n3)C(=O)c3ccccc32)cc1. The van der Waals surface area contributed by atoms with Crippen LogP contribution in [0.25, 0.3) is 22.5 Å². The van der Waals surface area contributed by atoms with E-state index in [1.54, 1.807) is 36.4 Å². The molecule has 0 radical (unpaired) electrons. The Morgan fingerprint density at radius 3 is 1.93 bits per heavy atom. The van der Waals surface area contributed by atoms with Crippen LogP contribution in [0.3, 0.4) is 0 Å². The molecule has 7 nitrogen and oxygen atoms in total. The molecule has 0 saturated carbocycles. The van der Waals surface area contributed by atoms with Gasteiger partial charge < -0.3 is 0 Å². The zero-order chi connectivity index (χ0) is 28.4. The standard InChI is InChI=1S/C32H22N4O3S2/c1-21-16-18-24(19-17-21)41(38,39)36-27-20-28(31(37)26-15-9-8-14-25(26)27)40-32-33-29(22-10-4-2-5-11-22)30(34-35-32)23-12-6-3-7-13-23/h2-20H,1H3/b36-27-. The number of ketones is 1. The Morgan fingerprint density at radius 2 is 1.27 bits per heavy atom. The van der Waals surface area contributed by atoms with Gasteiger partial charge in [0.15, 0.2) is 0 Å². The maximum Gasteiger partial charge on any atom is 0.282 e. The molecule has 200 valence electrons. The van der Waals surface area contributed by atoms with Gasteiger partial charge in [-0.25, -0.2) is 4.98 Å². The van der Waals surface area contributed by atoms with Crippen LogP contribution in [-0.4, -0.2) is 35.1 Å². The predicted molar refractivity (Wildman–Crippen MR) is 160 cm³/mol. The zero-order valence-electron chi connectivity index (χ0n) is 21.8. The molecule has 6 rings (SSSR count). The van der Waals surface area contributed by atoms with E-state index >= 15 is 0 Å². The number of fused-ring (bicyclic) bond motifs is 1. The first kappa shape index (κ1) is 26.5. The number of Topliss-reactive ketones (excluding diaryl/α,β-unsaturated/α-hetero) is 1. The molecular formula is C32H22N4O3S2. The third-order valence-corrected chi connectivity index (χ3v) is 8.62. The van der Waals surface area contributed by atoms with Crippen molar-refractivity contribution in [2.45, 2.75) is 17.0 Å². The van der Waals surface area contributed by atoms with Gasteiger partial charge in [0.05, 0.1) is 15.5 Å². The summed E-state index contributed by atoms with van der Waals surface area (Å²) < 4.78 is 30.5. The van der Waals surface area contributed by atoms with E-state index in [9.17, 15) is 13.2 Å². The number of carbonyl (C=O) groups excluding carboxylic acids is 1. The van der Waals surface area contributed by atoms with E-state index in [0.717, 1.165) is 28.5 Å². The molecule has 41 heavy (non-hydrogen) atoms. The minimum atomic E-state index is -4.03. The highest BCUT2D eigenvalue weighted by atomic mass is 32.2. The Kier molecular flexibility index (Phi) is 7.13. The second-order valence-corrected chi connectivity index (χ2v) is 11.9. The highest BCUT2D eigenvalue weighted by Crippen LogP contribution is 2.35. The zero-order valence-corrected chi connectivity index (χ0v) is 23.4. The first-order valence-electron chi connectivity index (χ1n) is 12.7. The summed E-state index contributed by atoms with van der Waals surface area (Å²) in [4.78, 5) is 18.6. The monoisotopic (exact) mass is 574 g/mol. The topological polar surface area (TPSA) is 102 Å². The van der Waals surface area contributed by atoms with Gasteiger partial charge in [-0.2, -0.15) is 12.8 Å². The lowest BCUT2D eigenvalue weighted by molar-refractivity contribution is 0.104. The van der Waals surface area contributed by atoms with Crippen molar-refractivity contribution in [2.75, 3.05) is 0 Å². The molecule has 0 unspecified atom stereocenters. The van der Waals surface area contributed by atoms with Crippen molar-refractivity contribution in [3.8, 4) is 22.5 Å². The number of allylic oxidation sites excluding steroid dienone is 2. The number of sulfonamides is 1. The largest absolute Gasteiger partial charge is 0.288 e. The van der Waals surface area contributed by atoms with Crippen LogP contribution in [0.15, 0.2) is 135 Å². The first-order valence-corrected chi connectivity index (χ1v) is 15.0. The number of hydrogen-bond donors (Lipinski definition) is 0. The summed E-state index contributed by atoms with van der Waals surface area (Å²) in [6, 6.07) is 32.6. The van der Waals surface area contributed by atoms with Crippen LogP contribution in [0.1, 0.15) is 21.5 Å². The van der Waals surface area contributed by atoms with Crippen LogP contribution in [0, 0.1) is 6.92 Å². The molecule has 1 aromatic heterocycles. The van der Waals surface area contributed by atoms with E-state index in [1.807, 2.05) is 67.6 Å². The number of aromatic nitrogens is 3. The molecule has 0 N–H and O–H groups in total. The molecule has 1 heterocycles. The normalized spacial score (nSPS) is 14.0. The minimum Gasteiger partial charge on any atom is -0.288 e. The number of aryl methyl sites for hydroxylation is 1. The Hall–Kier alpha value is -4.73. The van der Waals surface area contributed by atoms with E-state index in [-0.39, 0.29) is 26.5 Å². The van der Waals surface area contributed by atoms with Gasteiger partial charge in [-0.3, -0.25) is 4.79 Å². The molecule has 0 atom stereocenters. The molecule has 1 aliphatic rings. The average Bonchev–Trinajstić information content (AvgIpc) is 3.00. The summed E-state index contributed by atoms with van der Waals surface area (Å²) >= 11 is 1.03. The van der Waals surface area contributed by atoms with Gasteiger partial charge in [-0.05, 0) is 36.9 Å². The number of rotatable bonds is 6. The molecule has 0 aliphatic heterocycles. The lowest BCUT2D eigenvalue weighted by Gasteiger charge is -2.17. The summed E-state index contributed by atoms with van der Waals surface area (Å²) in [7, 11) is -4.03. The smallest absolute Gasteiger partial charge is 0.282 e. The van der Waals surface area contributed by atoms with Crippen LogP contribution in [0.5, 0.6) is 0 Å². The van der Waals surface area contributed by atoms with Crippen molar-refractivity contribution < 1.29 is 13.2 Å². The Bertz CT molecular complexity index is 1940. The first-order chi connectivity index (χ1) is 19.9. The number of benzene rings is 4. The Labute approximate surface area is 241 Å². The second-order valence-electron chi connectivity index (χ2n) is 9.27. The van der Waals surface area contributed by atoms with E-state index in [1.165, 1.54) is 18.2 Å². The predicted octanol–water partition coefficient (Wildman–Crippen LogP) is 6.56. The lowest BCUT2D eigenvalue weighted by atomic mass is 9.94. The number of hydrogen-bond acceptors (Lipinski definition) is 7. The number of thioether (sulfide) groups is 1. The van der Waals surface area contributed by atoms with Gasteiger partial charge in [0.25, 0.3) is 10.0 Å². The third kappa shape index (κ3) is 5.50. The quantitative estimate of drug-likeness (QED) is 0.226. The summed E-state index contributed by atoms with van der Waals surface area (Å²) in [5.41, 5.74) is 4.85. The van der Waals surface area contributed by atoms with E-state index in [4.69, 9.17) is 4.98 Å². The van der Waals surface area contributed by atoms with Gasteiger partial charge in [-0.1, -0.05) is 103 Å². The molecule has 0 spiro atoms. The van der Waals surface area contributed by atoms with Crippen LogP contribution in [0.4, 0.5) is 0 Å². The molecule has 0 fully saturated rings. The summed E-state index contributed by atoms with van der Waals surface area (Å²) in [6.07, 6.45) is 1.48. The van der Waals surface area contributed by atoms with Crippen LogP contribution in [0.2, 0.25) is 0 Å². The van der Waals surface area contributed by atoms with Gasteiger partial charge in [0.1, 0.15) is 11.4 Å². The number of nitrogens with zero attached hydrogens (tertiary/aromatic N) is 4. The third-order valence-electron chi connectivity index (χ3n) is 6.44. The van der Waals surface area contributed by atoms with Crippen molar-refractivity contribution in [3.63, 3.8) is 0 Å². The fourth-order valence-electron chi connectivity index (χ4n) is 4.39. The van der Waals surface area contributed by atoms with Gasteiger partial charge >= 0.3 is 0 Å². The summed E-state index contributed by atoms with van der Waals surface area (Å²) in [5, 5.41) is 9.07. The Morgan fingerprint density at radius 1 is 0.683 bits per heavy atom. The van der Waals surface area contributed by atoms with Crippen molar-refractivity contribution in [2.24, 2.45) is 4.40 Å². The van der Waals surface area contributed by atoms with Crippen molar-refractivity contribution >= 4 is 33.3 Å². The Balaban J connectivity index is 1.43. The molecule has 1 aliphatic carbocycles. The van der Waals surface area contributed by atoms with E-state index < -0.39 is 10.0 Å². The van der Waals surface area contributed by atoms with Crippen molar-refractivity contribution in [1.82, 2.24) is 15.2 Å². The maximum atomic E-state index is 13.5. The molecular weight excluding hydrogens is 553 g/mol. The van der Waals surface area contributed by atoms with Gasteiger partial charge in [-0.15, -0.1) is 10.2 Å². The fraction of sp³-hybridized carbons (Fsp3) is 0.0312. The summed E-state index contributed by atoms with van der Waals surface area (Å²) in [5.74, 6) is -0.269. The molecule has 9 heteroatoms. The second kappa shape index (κ2) is 11.0. The maximum absolute atomic E-state index is 13.5. The van der Waals surface area contributed by atoms with E-state index in [0.29, 0.717) is 22.5 Å². The lowest BCUT2D eigenvalue weighted by Crippen LogP contribution is -2.17. The minimum absolute atomic E-state index is 0.0733. The van der Waals surface area contributed by atoms with Gasteiger partial charge in [0.2, 0.25) is 10.9 Å². The van der Waals surface area contributed by atoms with Crippen LogP contribution < -0.4 is 0 Å². The highest BCUT2D eigenvalue weighted by Gasteiger charge is 2.28. The van der Waals surface area contributed by atoms with Crippen molar-refractivity contribution in [1.29, 1.82) is 0 Å². The molecule has 4 aromatic carbocycles. The average molecular weight is 575 g/mol. The van der Waals surface area contributed by atoms with Crippen LogP contribution in [-0.2, 0) is 10.0 Å².